The van der Waals surface area contributed by atoms with Gasteiger partial charge in [0.25, 0.3) is 0 Å². The van der Waals surface area contributed by atoms with Crippen LogP contribution in [0.15, 0.2) is 151 Å². The first-order valence-corrected chi connectivity index (χ1v) is 29.2. The minimum atomic E-state index is 0.000692. The van der Waals surface area contributed by atoms with Crippen LogP contribution in [0, 0.1) is 11.8 Å². The van der Waals surface area contributed by atoms with Gasteiger partial charge in [-0.1, -0.05) is 24.3 Å². The summed E-state index contributed by atoms with van der Waals surface area (Å²) in [5.74, 6) is 3.28. The van der Waals surface area contributed by atoms with E-state index in [0.29, 0.717) is 5.92 Å². The van der Waals surface area contributed by atoms with Crippen LogP contribution in [0.3, 0.4) is 0 Å². The topological polar surface area (TPSA) is 78.7 Å². The van der Waals surface area contributed by atoms with Crippen LogP contribution in [0.25, 0.3) is 23.1 Å². The number of benzene rings is 2. The van der Waals surface area contributed by atoms with Crippen molar-refractivity contribution in [3.05, 3.63) is 175 Å². The number of carbonyl (C=O) groups excluding carboxylic acids is 2. The van der Waals surface area contributed by atoms with Gasteiger partial charge in [0, 0.05) is 121 Å². The van der Waals surface area contributed by atoms with E-state index in [9.17, 15) is 9.59 Å². The monoisotopic (exact) mass is 1010 g/mol. The van der Waals surface area contributed by atoms with Crippen LogP contribution >= 0.6 is 0 Å². The van der Waals surface area contributed by atoms with Crippen molar-refractivity contribution in [2.75, 3.05) is 62.2 Å². The maximum absolute atomic E-state index is 13.5. The summed E-state index contributed by atoms with van der Waals surface area (Å²) in [5, 5.41) is 1.05. The van der Waals surface area contributed by atoms with Gasteiger partial charge in [-0.05, 0) is 217 Å². The van der Waals surface area contributed by atoms with Gasteiger partial charge in [-0.2, -0.15) is 0 Å². The number of allylic oxidation sites excluding steroid dienone is 10. The maximum atomic E-state index is 13.5. The number of ketones is 2. The molecule has 11 aliphatic rings. The van der Waals surface area contributed by atoms with Gasteiger partial charge in [-0.15, -0.1) is 0 Å². The predicted molar refractivity (Wildman–Crippen MR) is 306 cm³/mol. The van der Waals surface area contributed by atoms with Gasteiger partial charge >= 0.3 is 0 Å². The van der Waals surface area contributed by atoms with Gasteiger partial charge in [0.1, 0.15) is 35.1 Å². The summed E-state index contributed by atoms with van der Waals surface area (Å²) in [6.45, 7) is 17.3. The minimum Gasteiger partial charge on any atom is -0.486 e. The molecule has 5 aliphatic carbocycles. The highest BCUT2D eigenvalue weighted by Gasteiger charge is 2.41. The van der Waals surface area contributed by atoms with Gasteiger partial charge in [-0.3, -0.25) is 9.59 Å². The number of fused-ring (bicyclic) bond motifs is 6. The molecule has 0 amide bonds. The Balaban J connectivity index is 0.000000147. The molecule has 2 aromatic carbocycles. The van der Waals surface area contributed by atoms with Crippen molar-refractivity contribution >= 4 is 46.1 Å². The molecule has 14 rings (SSSR count). The lowest BCUT2D eigenvalue weighted by molar-refractivity contribution is -0.112. The number of nitrogens with zero attached hydrogens (tertiary/aromatic N) is 4. The molecule has 76 heavy (non-hydrogen) atoms. The van der Waals surface area contributed by atoms with Crippen molar-refractivity contribution in [2.45, 2.75) is 123 Å². The molecule has 3 aromatic rings. The Kier molecular flexibility index (Phi) is 13.1. The second-order valence-corrected chi connectivity index (χ2v) is 22.7. The third kappa shape index (κ3) is 8.99. The number of carbonyl (C=O) groups is 2. The number of piperidine rings is 1. The quantitative estimate of drug-likeness (QED) is 0.185. The maximum Gasteiger partial charge on any atom is 0.185 e. The molecule has 9 nitrogen and oxygen atoms in total. The Morgan fingerprint density at radius 1 is 0.632 bits per heavy atom. The van der Waals surface area contributed by atoms with Gasteiger partial charge in [0.15, 0.2) is 11.6 Å². The van der Waals surface area contributed by atoms with Gasteiger partial charge in [0.05, 0.1) is 0 Å². The first kappa shape index (κ1) is 48.9. The summed E-state index contributed by atoms with van der Waals surface area (Å²) < 4.78 is 18.9. The van der Waals surface area contributed by atoms with Crippen molar-refractivity contribution in [3.63, 3.8) is 0 Å². The van der Waals surface area contributed by atoms with Crippen LogP contribution < -0.4 is 9.80 Å². The smallest absolute Gasteiger partial charge is 0.185 e. The number of ether oxygens (including phenoxy) is 2. The third-order valence-corrected chi connectivity index (χ3v) is 18.2. The average Bonchev–Trinajstić information content (AvgIpc) is 4.39. The third-order valence-electron chi connectivity index (χ3n) is 18.2. The van der Waals surface area contributed by atoms with Crippen LogP contribution in [0.4, 0.5) is 11.4 Å². The highest BCUT2D eigenvalue weighted by atomic mass is 16.5. The molecule has 0 spiro atoms. The number of hydrogen-bond donors (Lipinski definition) is 0. The number of likely N-dealkylation sites (N-methyl/N-ethyl adjacent to an activating group) is 1. The van der Waals surface area contributed by atoms with Crippen molar-refractivity contribution in [1.29, 1.82) is 0 Å². The second-order valence-electron chi connectivity index (χ2n) is 22.7. The van der Waals surface area contributed by atoms with E-state index in [1.807, 2.05) is 18.2 Å². The van der Waals surface area contributed by atoms with Crippen molar-refractivity contribution in [3.8, 4) is 0 Å². The zero-order chi connectivity index (χ0) is 51.6. The molecular weight excluding hydrogens is 941 g/mol. The molecular formula is C67H74N4O5. The van der Waals surface area contributed by atoms with E-state index in [1.165, 1.54) is 110 Å². The van der Waals surface area contributed by atoms with E-state index in [0.717, 1.165) is 121 Å². The van der Waals surface area contributed by atoms with Gasteiger partial charge in [0.2, 0.25) is 0 Å². The fourth-order valence-corrected chi connectivity index (χ4v) is 14.5. The molecule has 7 heterocycles. The van der Waals surface area contributed by atoms with Crippen molar-refractivity contribution < 1.29 is 23.5 Å². The lowest BCUT2D eigenvalue weighted by atomic mass is 9.79. The first-order chi connectivity index (χ1) is 37.2. The number of hydrogen-bond acceptors (Lipinski definition) is 9. The van der Waals surface area contributed by atoms with Crippen molar-refractivity contribution in [1.82, 2.24) is 9.80 Å². The SMILES string of the molecule is CCN(CC)C1=CC2OC(C=C3CCC(=Cc4cc5ccc(N(CC)CC)cc5o4)C3=O)=CC2C=C1.O=C1C(=CC2=Cc3cc4c5c(c3C2)CCCN5CCC4)CCC1=CC1=CC2C=C3CCCN4CCCC(=C34)C2O1. The van der Waals surface area contributed by atoms with E-state index in [1.54, 1.807) is 16.8 Å². The molecule has 6 aliphatic heterocycles. The molecule has 3 fully saturated rings. The summed E-state index contributed by atoms with van der Waals surface area (Å²) in [6.07, 6.45) is 37.9. The first-order valence-electron chi connectivity index (χ1n) is 29.2. The highest BCUT2D eigenvalue weighted by Crippen LogP contribution is 2.47. The van der Waals surface area contributed by atoms with Gasteiger partial charge < -0.3 is 33.5 Å². The van der Waals surface area contributed by atoms with Crippen LogP contribution in [0.5, 0.6) is 0 Å². The minimum absolute atomic E-state index is 0.000692. The molecule has 2 saturated carbocycles. The van der Waals surface area contributed by atoms with Crippen LogP contribution in [-0.4, -0.2) is 85.9 Å². The van der Waals surface area contributed by atoms with Gasteiger partial charge in [-0.25, -0.2) is 0 Å². The zero-order valence-corrected chi connectivity index (χ0v) is 45.2. The van der Waals surface area contributed by atoms with Crippen LogP contribution in [0.1, 0.15) is 120 Å². The second kappa shape index (κ2) is 20.3. The molecule has 392 valence electrons. The van der Waals surface area contributed by atoms with E-state index in [4.69, 9.17) is 13.9 Å². The Hall–Kier alpha value is -6.74. The summed E-state index contributed by atoms with van der Waals surface area (Å²) in [5.41, 5.74) is 20.2. The van der Waals surface area contributed by atoms with Crippen LogP contribution in [0.2, 0.25) is 0 Å². The normalized spacial score (nSPS) is 26.9. The number of aryl methyl sites for hydroxylation is 1. The molecule has 9 heteroatoms. The molecule has 4 atom stereocenters. The number of Topliss-reactive ketones (excluding diaryl/α,β-unsaturated/α-hetero) is 2. The summed E-state index contributed by atoms with van der Waals surface area (Å²) >= 11 is 0. The molecule has 4 unspecified atom stereocenters. The molecule has 1 aromatic heterocycles. The number of anilines is 2. The Morgan fingerprint density at radius 3 is 2.07 bits per heavy atom. The van der Waals surface area contributed by atoms with E-state index in [2.05, 4.69) is 126 Å². The summed E-state index contributed by atoms with van der Waals surface area (Å²) in [4.78, 5) is 36.6. The molecule has 0 radical (unpaired) electrons. The number of furan rings is 1. The highest BCUT2D eigenvalue weighted by molar-refractivity contribution is 6.13. The lowest BCUT2D eigenvalue weighted by Crippen LogP contribution is -2.39. The summed E-state index contributed by atoms with van der Waals surface area (Å²) in [7, 11) is 0. The van der Waals surface area contributed by atoms with E-state index >= 15 is 0 Å². The predicted octanol–water partition coefficient (Wildman–Crippen LogP) is 13.2. The largest absolute Gasteiger partial charge is 0.486 e. The van der Waals surface area contributed by atoms with Crippen LogP contribution in [-0.2, 0) is 38.3 Å². The Morgan fingerprint density at radius 2 is 1.30 bits per heavy atom. The fourth-order valence-electron chi connectivity index (χ4n) is 14.5. The summed E-state index contributed by atoms with van der Waals surface area (Å²) in [6, 6.07) is 10.8. The fraction of sp³-hybridized carbons (Fsp3) is 0.433. The van der Waals surface area contributed by atoms with Crippen molar-refractivity contribution in [2.24, 2.45) is 11.8 Å². The molecule has 0 bridgehead atoms. The number of rotatable bonds is 10. The standard InChI is InChI=1S/C36H38N2O2.C31H36N2O3/c39-35-25(15-22-16-27-18-23-5-1-11-37-13-3-7-30(33(23)37)32(27)17-22)9-10-26(35)20-29-21-28-19-24-6-2-12-38-14-4-8-31(34(24)38)36(28)40-29;1-5-32(6-2)25-13-11-21-15-27(35-29(21)19-25)17-23-9-10-24(31(23)34)18-28-16-22-12-14-26(20-30(22)36-28)33(7-3)8-4/h15-16,18-21,28,36H,1-14,17H2;11-21,29H,5-10H2,1-4H3. The Labute approximate surface area is 449 Å². The van der Waals surface area contributed by atoms with E-state index in [-0.39, 0.29) is 29.7 Å². The lowest BCUT2D eigenvalue weighted by Gasteiger charge is -2.43. The molecule has 1 saturated heterocycles. The zero-order valence-electron chi connectivity index (χ0n) is 45.2. The Bertz CT molecular complexity index is 3270. The van der Waals surface area contributed by atoms with E-state index < -0.39 is 0 Å². The average molecular weight is 1020 g/mol. The molecule has 0 N–H and O–H groups in total.